The average Bonchev–Trinajstić information content (AvgIpc) is 3.12. The second kappa shape index (κ2) is 9.55. The lowest BCUT2D eigenvalue weighted by Gasteiger charge is -2.36. The molecular formula is C21H28FN3O3S2. The molecule has 1 amide bonds. The molecule has 0 N–H and O–H groups in total. The lowest BCUT2D eigenvalue weighted by atomic mass is 10.2. The zero-order valence-corrected chi connectivity index (χ0v) is 19.2. The van der Waals surface area contributed by atoms with Crippen molar-refractivity contribution in [1.82, 2.24) is 14.1 Å². The number of sulfonamides is 1. The molecular weight excluding hydrogens is 425 g/mol. The molecule has 0 radical (unpaired) electrons. The standard InChI is InChI=1S/C21H28FN3O3S2/c1-16(2)24(14-19-17(3)8-13-29-19)15-21(26)23-9-11-25(12-10-23)30(27,28)20-7-5-4-6-18(20)22/h4-8,13,16H,9-12,14-15H2,1-3H3. The van der Waals surface area contributed by atoms with E-state index < -0.39 is 15.8 Å². The van der Waals surface area contributed by atoms with Crippen LogP contribution in [0.15, 0.2) is 40.6 Å². The van der Waals surface area contributed by atoms with Gasteiger partial charge in [-0.1, -0.05) is 12.1 Å². The van der Waals surface area contributed by atoms with E-state index in [-0.39, 0.29) is 36.5 Å². The molecule has 1 aromatic carbocycles. The van der Waals surface area contributed by atoms with Gasteiger partial charge in [-0.3, -0.25) is 9.69 Å². The molecule has 0 saturated carbocycles. The number of hydrogen-bond donors (Lipinski definition) is 0. The summed E-state index contributed by atoms with van der Waals surface area (Å²) >= 11 is 1.69. The Morgan fingerprint density at radius 1 is 1.17 bits per heavy atom. The monoisotopic (exact) mass is 453 g/mol. The first kappa shape index (κ1) is 22.9. The molecule has 0 unspecified atom stereocenters. The van der Waals surface area contributed by atoms with Crippen LogP contribution in [0.1, 0.15) is 24.3 Å². The van der Waals surface area contributed by atoms with Crippen LogP contribution in [0.25, 0.3) is 0 Å². The molecule has 9 heteroatoms. The molecule has 0 bridgehead atoms. The fraction of sp³-hybridized carbons (Fsp3) is 0.476. The van der Waals surface area contributed by atoms with Crippen molar-refractivity contribution in [2.24, 2.45) is 0 Å². The van der Waals surface area contributed by atoms with E-state index >= 15 is 0 Å². The van der Waals surface area contributed by atoms with E-state index in [9.17, 15) is 17.6 Å². The zero-order chi connectivity index (χ0) is 21.9. The van der Waals surface area contributed by atoms with Crippen LogP contribution in [0.4, 0.5) is 4.39 Å². The number of aryl methyl sites for hydroxylation is 1. The van der Waals surface area contributed by atoms with Gasteiger partial charge < -0.3 is 4.90 Å². The molecule has 0 atom stereocenters. The second-order valence-corrected chi connectivity index (χ2v) is 10.6. The molecule has 1 fully saturated rings. The molecule has 2 heterocycles. The molecule has 30 heavy (non-hydrogen) atoms. The molecule has 3 rings (SSSR count). The van der Waals surface area contributed by atoms with Crippen LogP contribution in [-0.4, -0.2) is 67.2 Å². The van der Waals surface area contributed by atoms with E-state index in [1.165, 1.54) is 32.9 Å². The third kappa shape index (κ3) is 5.08. The smallest absolute Gasteiger partial charge is 0.246 e. The molecule has 6 nitrogen and oxygen atoms in total. The van der Waals surface area contributed by atoms with Crippen molar-refractivity contribution < 1.29 is 17.6 Å². The van der Waals surface area contributed by atoms with Crippen molar-refractivity contribution in [3.8, 4) is 0 Å². The number of amides is 1. The van der Waals surface area contributed by atoms with Crippen LogP contribution >= 0.6 is 11.3 Å². The Labute approximate surface area is 182 Å². The van der Waals surface area contributed by atoms with Crippen molar-refractivity contribution in [1.29, 1.82) is 0 Å². The third-order valence-electron chi connectivity index (χ3n) is 5.43. The minimum absolute atomic E-state index is 0.0131. The Balaban J connectivity index is 1.60. The molecule has 0 aliphatic carbocycles. The van der Waals surface area contributed by atoms with Crippen molar-refractivity contribution >= 4 is 27.3 Å². The number of benzene rings is 1. The van der Waals surface area contributed by atoms with Gasteiger partial charge in [0.05, 0.1) is 6.54 Å². The van der Waals surface area contributed by atoms with Gasteiger partial charge in [0.1, 0.15) is 10.7 Å². The van der Waals surface area contributed by atoms with E-state index in [4.69, 9.17) is 0 Å². The highest BCUT2D eigenvalue weighted by Crippen LogP contribution is 2.21. The molecule has 164 valence electrons. The number of rotatable bonds is 7. The van der Waals surface area contributed by atoms with Crippen molar-refractivity contribution in [3.05, 3.63) is 52.0 Å². The minimum atomic E-state index is -3.91. The van der Waals surface area contributed by atoms with Crippen LogP contribution in [0.3, 0.4) is 0 Å². The number of carbonyl (C=O) groups excluding carboxylic acids is 1. The van der Waals surface area contributed by atoms with Crippen LogP contribution in [-0.2, 0) is 21.4 Å². The fourth-order valence-electron chi connectivity index (χ4n) is 3.42. The van der Waals surface area contributed by atoms with Gasteiger partial charge in [-0.05, 0) is 49.9 Å². The summed E-state index contributed by atoms with van der Waals surface area (Å²) in [6, 6.07) is 7.67. The Kier molecular flexibility index (Phi) is 7.28. The largest absolute Gasteiger partial charge is 0.339 e. The summed E-state index contributed by atoms with van der Waals surface area (Å²) in [7, 11) is -3.91. The number of halogens is 1. The van der Waals surface area contributed by atoms with Gasteiger partial charge in [0.25, 0.3) is 0 Å². The van der Waals surface area contributed by atoms with Gasteiger partial charge >= 0.3 is 0 Å². The van der Waals surface area contributed by atoms with Gasteiger partial charge in [-0.25, -0.2) is 12.8 Å². The van der Waals surface area contributed by atoms with Crippen LogP contribution < -0.4 is 0 Å². The maximum atomic E-state index is 14.0. The molecule has 2 aromatic rings. The van der Waals surface area contributed by atoms with E-state index in [0.29, 0.717) is 19.6 Å². The summed E-state index contributed by atoms with van der Waals surface area (Å²) < 4.78 is 40.7. The lowest BCUT2D eigenvalue weighted by molar-refractivity contribution is -0.134. The SMILES string of the molecule is Cc1ccsc1CN(CC(=O)N1CCN(S(=O)(=O)c2ccccc2F)CC1)C(C)C. The van der Waals surface area contributed by atoms with E-state index in [0.717, 1.165) is 6.07 Å². The zero-order valence-electron chi connectivity index (χ0n) is 17.5. The van der Waals surface area contributed by atoms with E-state index in [1.54, 1.807) is 16.2 Å². The van der Waals surface area contributed by atoms with E-state index in [1.807, 2.05) is 0 Å². The maximum Gasteiger partial charge on any atom is 0.246 e. The van der Waals surface area contributed by atoms with Gasteiger partial charge in [-0.15, -0.1) is 11.3 Å². The van der Waals surface area contributed by atoms with Gasteiger partial charge in [0.15, 0.2) is 0 Å². The lowest BCUT2D eigenvalue weighted by Crippen LogP contribution is -2.53. The van der Waals surface area contributed by atoms with Gasteiger partial charge in [-0.2, -0.15) is 4.31 Å². The van der Waals surface area contributed by atoms with Crippen molar-refractivity contribution in [2.75, 3.05) is 32.7 Å². The summed E-state index contributed by atoms with van der Waals surface area (Å²) in [6.45, 7) is 8.13. The summed E-state index contributed by atoms with van der Waals surface area (Å²) in [5.41, 5.74) is 1.23. The van der Waals surface area contributed by atoms with Crippen molar-refractivity contribution in [3.63, 3.8) is 0 Å². The summed E-state index contributed by atoms with van der Waals surface area (Å²) in [4.78, 5) is 17.6. The molecule has 1 aliphatic heterocycles. The summed E-state index contributed by atoms with van der Waals surface area (Å²) in [6.07, 6.45) is 0. The highest BCUT2D eigenvalue weighted by Gasteiger charge is 2.32. The highest BCUT2D eigenvalue weighted by molar-refractivity contribution is 7.89. The number of nitrogens with zero attached hydrogens (tertiary/aromatic N) is 3. The Bertz CT molecular complexity index is 983. The predicted molar refractivity (Wildman–Crippen MR) is 116 cm³/mol. The quantitative estimate of drug-likeness (QED) is 0.647. The Hall–Kier alpha value is -1.81. The van der Waals surface area contributed by atoms with Gasteiger partial charge in [0, 0.05) is 43.6 Å². The summed E-state index contributed by atoms with van der Waals surface area (Å²) in [5.74, 6) is -0.770. The molecule has 1 saturated heterocycles. The third-order valence-corrected chi connectivity index (χ3v) is 8.37. The second-order valence-electron chi connectivity index (χ2n) is 7.74. The van der Waals surface area contributed by atoms with Crippen molar-refractivity contribution in [2.45, 2.75) is 38.3 Å². The van der Waals surface area contributed by atoms with Crippen LogP contribution in [0.2, 0.25) is 0 Å². The first-order chi connectivity index (χ1) is 14.2. The maximum absolute atomic E-state index is 14.0. The number of piperazine rings is 1. The normalized spacial score (nSPS) is 15.9. The first-order valence-corrected chi connectivity index (χ1v) is 12.3. The fourth-order valence-corrected chi connectivity index (χ4v) is 5.83. The average molecular weight is 454 g/mol. The topological polar surface area (TPSA) is 60.9 Å². The first-order valence-electron chi connectivity index (χ1n) is 9.99. The molecule has 1 aliphatic rings. The summed E-state index contributed by atoms with van der Waals surface area (Å²) in [5, 5.41) is 2.06. The predicted octanol–water partition coefficient (Wildman–Crippen LogP) is 2.94. The van der Waals surface area contributed by atoms with Crippen LogP contribution in [0, 0.1) is 12.7 Å². The minimum Gasteiger partial charge on any atom is -0.339 e. The highest BCUT2D eigenvalue weighted by atomic mass is 32.2. The van der Waals surface area contributed by atoms with Gasteiger partial charge in [0.2, 0.25) is 15.9 Å². The van der Waals surface area contributed by atoms with Crippen LogP contribution in [0.5, 0.6) is 0 Å². The Morgan fingerprint density at radius 3 is 2.40 bits per heavy atom. The number of hydrogen-bond acceptors (Lipinski definition) is 5. The number of thiophene rings is 1. The van der Waals surface area contributed by atoms with E-state index in [2.05, 4.69) is 37.1 Å². The molecule has 0 spiro atoms. The Morgan fingerprint density at radius 2 is 1.83 bits per heavy atom. The molecule has 1 aromatic heterocycles. The number of carbonyl (C=O) groups is 1.